The Morgan fingerprint density at radius 3 is 2.26 bits per heavy atom. The second-order valence-electron chi connectivity index (χ2n) is 5.42. The maximum atomic E-state index is 3.47. The van der Waals surface area contributed by atoms with Crippen molar-refractivity contribution in [3.63, 3.8) is 0 Å². The minimum absolute atomic E-state index is 0.0654. The highest BCUT2D eigenvalue weighted by Crippen LogP contribution is 2.34. The fourth-order valence-electron chi connectivity index (χ4n) is 2.34. The summed E-state index contributed by atoms with van der Waals surface area (Å²) >= 11 is 0. The monoisotopic (exact) mass is 250 g/mol. The first-order chi connectivity index (χ1) is 9.12. The van der Waals surface area contributed by atoms with E-state index in [1.165, 1.54) is 22.5 Å². The molecule has 1 heterocycles. The van der Waals surface area contributed by atoms with Gasteiger partial charge in [-0.3, -0.25) is 0 Å². The summed E-state index contributed by atoms with van der Waals surface area (Å²) in [6, 6.07) is 16.8. The van der Waals surface area contributed by atoms with Gasteiger partial charge in [-0.1, -0.05) is 48.6 Å². The molecule has 0 atom stereocenters. The predicted octanol–water partition coefficient (Wildman–Crippen LogP) is 4.43. The van der Waals surface area contributed by atoms with Crippen LogP contribution in [-0.2, 0) is 0 Å². The Morgan fingerprint density at radius 2 is 1.47 bits per heavy atom. The maximum absolute atomic E-state index is 3.47. The van der Waals surface area contributed by atoms with Crippen molar-refractivity contribution in [2.45, 2.75) is 19.5 Å². The quantitative estimate of drug-likeness (QED) is 0.770. The average molecular weight is 250 g/mol. The SMILES string of the molecule is CC1(C)Nc2ccc(C=Cc3ccccc3)cc2N1. The summed E-state index contributed by atoms with van der Waals surface area (Å²) in [6.07, 6.45) is 4.28. The van der Waals surface area contributed by atoms with Crippen LogP contribution in [0.25, 0.3) is 12.2 Å². The number of fused-ring (bicyclic) bond motifs is 1. The van der Waals surface area contributed by atoms with Crippen LogP contribution < -0.4 is 10.6 Å². The zero-order valence-electron chi connectivity index (χ0n) is 11.3. The summed E-state index contributed by atoms with van der Waals surface area (Å²) < 4.78 is 0. The van der Waals surface area contributed by atoms with E-state index in [1.807, 2.05) is 6.07 Å². The first-order valence-electron chi connectivity index (χ1n) is 6.56. The van der Waals surface area contributed by atoms with Crippen LogP contribution in [0.1, 0.15) is 25.0 Å². The van der Waals surface area contributed by atoms with E-state index >= 15 is 0 Å². The lowest BCUT2D eigenvalue weighted by Gasteiger charge is -2.19. The molecule has 1 aliphatic heterocycles. The minimum atomic E-state index is -0.0654. The van der Waals surface area contributed by atoms with Crippen molar-refractivity contribution >= 4 is 23.5 Å². The summed E-state index contributed by atoms with van der Waals surface area (Å²) in [5, 5.41) is 6.91. The molecule has 2 heteroatoms. The van der Waals surface area contributed by atoms with Crippen LogP contribution in [0.15, 0.2) is 48.5 Å². The molecule has 0 fully saturated rings. The van der Waals surface area contributed by atoms with Gasteiger partial charge in [0.2, 0.25) is 0 Å². The van der Waals surface area contributed by atoms with E-state index in [0.717, 1.165) is 0 Å². The summed E-state index contributed by atoms with van der Waals surface area (Å²) in [5.74, 6) is 0. The van der Waals surface area contributed by atoms with Gasteiger partial charge in [0, 0.05) is 0 Å². The highest BCUT2D eigenvalue weighted by Gasteiger charge is 2.25. The van der Waals surface area contributed by atoms with Crippen LogP contribution in [0.4, 0.5) is 11.4 Å². The Kier molecular flexibility index (Phi) is 2.79. The van der Waals surface area contributed by atoms with Crippen LogP contribution in [0.5, 0.6) is 0 Å². The van der Waals surface area contributed by atoms with Crippen molar-refractivity contribution in [2.75, 3.05) is 10.6 Å². The number of rotatable bonds is 2. The lowest BCUT2D eigenvalue weighted by molar-refractivity contribution is 0.675. The van der Waals surface area contributed by atoms with E-state index in [1.54, 1.807) is 0 Å². The van der Waals surface area contributed by atoms with E-state index in [4.69, 9.17) is 0 Å². The standard InChI is InChI=1S/C17H18N2/c1-17(2)18-15-11-10-14(12-16(15)19-17)9-8-13-6-4-3-5-7-13/h3-12,18-19H,1-2H3. The zero-order chi connectivity index (χ0) is 13.3. The molecular weight excluding hydrogens is 232 g/mol. The third kappa shape index (κ3) is 2.63. The highest BCUT2D eigenvalue weighted by atomic mass is 15.2. The molecule has 19 heavy (non-hydrogen) atoms. The molecule has 3 rings (SSSR count). The molecule has 2 aromatic rings. The number of benzene rings is 2. The first kappa shape index (κ1) is 11.8. The summed E-state index contributed by atoms with van der Waals surface area (Å²) in [5.41, 5.74) is 4.69. The fourth-order valence-corrected chi connectivity index (χ4v) is 2.34. The van der Waals surface area contributed by atoms with Crippen LogP contribution >= 0.6 is 0 Å². The van der Waals surface area contributed by atoms with E-state index in [-0.39, 0.29) is 5.66 Å². The van der Waals surface area contributed by atoms with E-state index in [2.05, 4.69) is 79.1 Å². The fraction of sp³-hybridized carbons (Fsp3) is 0.176. The van der Waals surface area contributed by atoms with Crippen LogP contribution in [-0.4, -0.2) is 5.66 Å². The van der Waals surface area contributed by atoms with E-state index < -0.39 is 0 Å². The number of hydrogen-bond acceptors (Lipinski definition) is 2. The molecule has 0 saturated carbocycles. The van der Waals surface area contributed by atoms with Gasteiger partial charge in [0.25, 0.3) is 0 Å². The van der Waals surface area contributed by atoms with Crippen molar-refractivity contribution in [2.24, 2.45) is 0 Å². The zero-order valence-corrected chi connectivity index (χ0v) is 11.3. The molecule has 0 aromatic heterocycles. The van der Waals surface area contributed by atoms with E-state index in [0.29, 0.717) is 0 Å². The third-order valence-corrected chi connectivity index (χ3v) is 3.21. The molecule has 1 aliphatic rings. The number of nitrogens with one attached hydrogen (secondary N) is 2. The topological polar surface area (TPSA) is 24.1 Å². The molecule has 2 aromatic carbocycles. The van der Waals surface area contributed by atoms with Gasteiger partial charge in [-0.05, 0) is 37.1 Å². The summed E-state index contributed by atoms with van der Waals surface area (Å²) in [4.78, 5) is 0. The normalized spacial score (nSPS) is 15.9. The van der Waals surface area contributed by atoms with Crippen molar-refractivity contribution in [1.29, 1.82) is 0 Å². The molecule has 0 spiro atoms. The highest BCUT2D eigenvalue weighted by molar-refractivity contribution is 5.80. The summed E-state index contributed by atoms with van der Waals surface area (Å²) in [6.45, 7) is 4.26. The van der Waals surface area contributed by atoms with Crippen LogP contribution in [0.2, 0.25) is 0 Å². The molecule has 2 N–H and O–H groups in total. The molecule has 0 aliphatic carbocycles. The number of anilines is 2. The Morgan fingerprint density at radius 1 is 0.789 bits per heavy atom. The molecule has 0 radical (unpaired) electrons. The lowest BCUT2D eigenvalue weighted by atomic mass is 10.1. The van der Waals surface area contributed by atoms with Gasteiger partial charge in [-0.15, -0.1) is 0 Å². The lowest BCUT2D eigenvalue weighted by Crippen LogP contribution is -2.33. The van der Waals surface area contributed by atoms with Gasteiger partial charge in [-0.25, -0.2) is 0 Å². The Labute approximate surface area is 114 Å². The van der Waals surface area contributed by atoms with Gasteiger partial charge < -0.3 is 10.6 Å². The van der Waals surface area contributed by atoms with E-state index in [9.17, 15) is 0 Å². The van der Waals surface area contributed by atoms with Gasteiger partial charge in [0.15, 0.2) is 0 Å². The molecule has 96 valence electrons. The molecule has 2 nitrogen and oxygen atoms in total. The van der Waals surface area contributed by atoms with Gasteiger partial charge in [0.1, 0.15) is 5.66 Å². The Hall–Kier alpha value is -2.22. The van der Waals surface area contributed by atoms with Gasteiger partial charge in [-0.2, -0.15) is 0 Å². The Bertz CT molecular complexity index is 612. The second-order valence-corrected chi connectivity index (χ2v) is 5.42. The summed E-state index contributed by atoms with van der Waals surface area (Å²) in [7, 11) is 0. The third-order valence-electron chi connectivity index (χ3n) is 3.21. The molecule has 0 bridgehead atoms. The smallest absolute Gasteiger partial charge is 0.102 e. The molecule has 0 unspecified atom stereocenters. The van der Waals surface area contributed by atoms with Crippen molar-refractivity contribution in [3.05, 3.63) is 59.7 Å². The molecular formula is C17H18N2. The second kappa shape index (κ2) is 4.47. The largest absolute Gasteiger partial charge is 0.362 e. The van der Waals surface area contributed by atoms with Crippen molar-refractivity contribution in [3.8, 4) is 0 Å². The van der Waals surface area contributed by atoms with Gasteiger partial charge >= 0.3 is 0 Å². The number of hydrogen-bond donors (Lipinski definition) is 2. The van der Waals surface area contributed by atoms with Gasteiger partial charge in [0.05, 0.1) is 11.4 Å². The average Bonchev–Trinajstić information content (AvgIpc) is 2.70. The molecule has 0 amide bonds. The van der Waals surface area contributed by atoms with Crippen molar-refractivity contribution in [1.82, 2.24) is 0 Å². The maximum Gasteiger partial charge on any atom is 0.102 e. The van der Waals surface area contributed by atoms with Crippen LogP contribution in [0.3, 0.4) is 0 Å². The predicted molar refractivity (Wildman–Crippen MR) is 83.1 cm³/mol. The first-order valence-corrected chi connectivity index (χ1v) is 6.56. The Balaban J connectivity index is 1.83. The molecule has 0 saturated heterocycles. The van der Waals surface area contributed by atoms with Crippen LogP contribution in [0, 0.1) is 0 Å². The minimum Gasteiger partial charge on any atom is -0.362 e. The van der Waals surface area contributed by atoms with Crippen molar-refractivity contribution < 1.29 is 0 Å².